The lowest BCUT2D eigenvalue weighted by atomic mass is 10.0. The monoisotopic (exact) mass is 488 g/mol. The molecule has 8 heteroatoms. The van der Waals surface area contributed by atoms with Gasteiger partial charge in [0, 0.05) is 22.2 Å². The number of esters is 1. The third-order valence-electron chi connectivity index (χ3n) is 5.27. The molecule has 3 aromatic carbocycles. The lowest BCUT2D eigenvalue weighted by molar-refractivity contribution is -0.123. The van der Waals surface area contributed by atoms with Gasteiger partial charge in [-0.15, -0.1) is 11.3 Å². The number of rotatable bonds is 8. The van der Waals surface area contributed by atoms with Crippen molar-refractivity contribution in [3.05, 3.63) is 83.9 Å². The van der Waals surface area contributed by atoms with Crippen LogP contribution in [0.1, 0.15) is 17.4 Å². The van der Waals surface area contributed by atoms with Crippen LogP contribution in [0, 0.1) is 0 Å². The van der Waals surface area contributed by atoms with Crippen LogP contribution in [0.4, 0.5) is 5.69 Å². The van der Waals surface area contributed by atoms with E-state index >= 15 is 0 Å². The van der Waals surface area contributed by atoms with Crippen molar-refractivity contribution in [1.82, 2.24) is 4.98 Å². The average Bonchev–Trinajstić information content (AvgIpc) is 3.39. The van der Waals surface area contributed by atoms with Crippen molar-refractivity contribution in [2.75, 3.05) is 19.5 Å². The van der Waals surface area contributed by atoms with Gasteiger partial charge in [-0.1, -0.05) is 48.5 Å². The maximum absolute atomic E-state index is 12.8. The highest BCUT2D eigenvalue weighted by atomic mass is 32.1. The lowest BCUT2D eigenvalue weighted by Gasteiger charge is -2.15. The largest absolute Gasteiger partial charge is 0.493 e. The van der Waals surface area contributed by atoms with E-state index in [0.29, 0.717) is 22.2 Å². The van der Waals surface area contributed by atoms with Crippen LogP contribution in [0.3, 0.4) is 0 Å². The molecule has 35 heavy (non-hydrogen) atoms. The molecule has 0 aliphatic heterocycles. The smallest absolute Gasteiger partial charge is 0.358 e. The van der Waals surface area contributed by atoms with Crippen LogP contribution in [-0.4, -0.2) is 37.2 Å². The van der Waals surface area contributed by atoms with Gasteiger partial charge in [0.1, 0.15) is 5.01 Å². The fourth-order valence-electron chi connectivity index (χ4n) is 3.44. The van der Waals surface area contributed by atoms with E-state index in [1.165, 1.54) is 18.3 Å². The Balaban J connectivity index is 1.43. The molecule has 1 unspecified atom stereocenters. The normalized spacial score (nSPS) is 11.4. The summed E-state index contributed by atoms with van der Waals surface area (Å²) in [6, 6.07) is 22.6. The summed E-state index contributed by atoms with van der Waals surface area (Å²) < 4.78 is 16.0. The minimum atomic E-state index is -1.02. The molecule has 4 rings (SSSR count). The molecule has 1 aromatic heterocycles. The Bertz CT molecular complexity index is 1340. The highest BCUT2D eigenvalue weighted by Gasteiger charge is 2.22. The van der Waals surface area contributed by atoms with Crippen LogP contribution < -0.4 is 14.8 Å². The summed E-state index contributed by atoms with van der Waals surface area (Å²) in [7, 11) is 3.11. The van der Waals surface area contributed by atoms with Gasteiger partial charge in [0.2, 0.25) is 0 Å². The van der Waals surface area contributed by atoms with Crippen molar-refractivity contribution in [3.63, 3.8) is 0 Å². The number of nitrogens with zero attached hydrogens (tertiary/aromatic N) is 1. The van der Waals surface area contributed by atoms with E-state index in [4.69, 9.17) is 14.2 Å². The molecular formula is C27H24N2O5S. The number of hydrogen-bond acceptors (Lipinski definition) is 7. The average molecular weight is 489 g/mol. The van der Waals surface area contributed by atoms with E-state index in [0.717, 1.165) is 16.7 Å². The first-order valence-corrected chi connectivity index (χ1v) is 11.7. The second kappa shape index (κ2) is 10.8. The van der Waals surface area contributed by atoms with E-state index < -0.39 is 18.0 Å². The number of benzene rings is 3. The first-order chi connectivity index (χ1) is 17.0. The molecule has 0 bridgehead atoms. The summed E-state index contributed by atoms with van der Waals surface area (Å²) in [5.41, 5.74) is 3.38. The number of thiazole rings is 1. The molecule has 0 aliphatic rings. The number of ether oxygens (including phenoxy) is 3. The highest BCUT2D eigenvalue weighted by molar-refractivity contribution is 7.13. The number of nitrogens with one attached hydrogen (secondary N) is 1. The van der Waals surface area contributed by atoms with Crippen LogP contribution in [0.5, 0.6) is 11.5 Å². The molecule has 0 radical (unpaired) electrons. The quantitative estimate of drug-likeness (QED) is 0.321. The Hall–Kier alpha value is -4.17. The SMILES string of the molecule is COc1ccc(-c2nc(C(=O)OC(C)C(=O)Nc3ccccc3-c3ccccc3)cs2)cc1OC. The van der Waals surface area contributed by atoms with Gasteiger partial charge >= 0.3 is 5.97 Å². The van der Waals surface area contributed by atoms with Crippen LogP contribution in [0.2, 0.25) is 0 Å². The third kappa shape index (κ3) is 5.50. The maximum atomic E-state index is 12.8. The first kappa shape index (κ1) is 24.0. The molecule has 1 amide bonds. The molecule has 178 valence electrons. The molecule has 4 aromatic rings. The van der Waals surface area contributed by atoms with Crippen molar-refractivity contribution in [2.45, 2.75) is 13.0 Å². The molecule has 1 N–H and O–H groups in total. The Labute approximate surface area is 207 Å². The first-order valence-electron chi connectivity index (χ1n) is 10.8. The zero-order chi connectivity index (χ0) is 24.8. The van der Waals surface area contributed by atoms with E-state index in [2.05, 4.69) is 10.3 Å². The summed E-state index contributed by atoms with van der Waals surface area (Å²) in [6.45, 7) is 1.53. The van der Waals surface area contributed by atoms with Crippen LogP contribution in [0.25, 0.3) is 21.7 Å². The van der Waals surface area contributed by atoms with Gasteiger partial charge in [0.25, 0.3) is 5.91 Å². The van der Waals surface area contributed by atoms with E-state index in [1.807, 2.05) is 60.7 Å². The Kier molecular flexibility index (Phi) is 7.42. The summed E-state index contributed by atoms with van der Waals surface area (Å²) in [4.78, 5) is 29.8. The second-order valence-electron chi connectivity index (χ2n) is 7.56. The van der Waals surface area contributed by atoms with Crippen molar-refractivity contribution in [1.29, 1.82) is 0 Å². The third-order valence-corrected chi connectivity index (χ3v) is 6.16. The van der Waals surface area contributed by atoms with Crippen LogP contribution in [-0.2, 0) is 9.53 Å². The molecule has 1 heterocycles. The maximum Gasteiger partial charge on any atom is 0.358 e. The molecule has 0 aliphatic carbocycles. The van der Waals surface area contributed by atoms with Gasteiger partial charge in [-0.3, -0.25) is 4.79 Å². The van der Waals surface area contributed by atoms with Gasteiger partial charge in [-0.25, -0.2) is 9.78 Å². The second-order valence-corrected chi connectivity index (χ2v) is 8.41. The summed E-state index contributed by atoms with van der Waals surface area (Å²) in [5.74, 6) is 0.0514. The van der Waals surface area contributed by atoms with Crippen molar-refractivity contribution in [3.8, 4) is 33.2 Å². The Morgan fingerprint density at radius 3 is 2.34 bits per heavy atom. The van der Waals surface area contributed by atoms with E-state index in [-0.39, 0.29) is 5.69 Å². The van der Waals surface area contributed by atoms with Gasteiger partial charge < -0.3 is 19.5 Å². The number of hydrogen-bond donors (Lipinski definition) is 1. The predicted molar refractivity (Wildman–Crippen MR) is 136 cm³/mol. The number of carbonyl (C=O) groups is 2. The minimum absolute atomic E-state index is 0.129. The molecule has 0 spiro atoms. The predicted octanol–water partition coefficient (Wildman–Crippen LogP) is 5.68. The topological polar surface area (TPSA) is 86.8 Å². The molecule has 7 nitrogen and oxygen atoms in total. The zero-order valence-corrected chi connectivity index (χ0v) is 20.3. The standard InChI is InChI=1S/C27H24N2O5S/c1-17(25(30)28-21-12-8-7-11-20(21)18-9-5-4-6-10-18)34-27(31)22-16-35-26(29-22)19-13-14-23(32-2)24(15-19)33-3/h4-17H,1-3H3,(H,28,30). The number of aromatic nitrogens is 1. The van der Waals surface area contributed by atoms with Gasteiger partial charge in [0.15, 0.2) is 23.3 Å². The van der Waals surface area contributed by atoms with Gasteiger partial charge in [-0.2, -0.15) is 0 Å². The fraction of sp³-hybridized carbons (Fsp3) is 0.148. The zero-order valence-electron chi connectivity index (χ0n) is 19.5. The van der Waals surface area contributed by atoms with Gasteiger partial charge in [-0.05, 0) is 36.8 Å². The Morgan fingerprint density at radius 1 is 0.886 bits per heavy atom. The van der Waals surface area contributed by atoms with Crippen molar-refractivity contribution < 1.29 is 23.8 Å². The highest BCUT2D eigenvalue weighted by Crippen LogP contribution is 2.33. The van der Waals surface area contributed by atoms with E-state index in [9.17, 15) is 9.59 Å². The molecule has 0 fully saturated rings. The van der Waals surface area contributed by atoms with Crippen molar-refractivity contribution in [2.24, 2.45) is 0 Å². The van der Waals surface area contributed by atoms with Gasteiger partial charge in [0.05, 0.1) is 14.2 Å². The van der Waals surface area contributed by atoms with Crippen LogP contribution >= 0.6 is 11.3 Å². The van der Waals surface area contributed by atoms with Crippen molar-refractivity contribution >= 4 is 28.9 Å². The summed E-state index contributed by atoms with van der Waals surface area (Å²) >= 11 is 1.29. The molecule has 0 saturated carbocycles. The number of methoxy groups -OCH3 is 2. The molecule has 1 atom stereocenters. The molecule has 0 saturated heterocycles. The van der Waals surface area contributed by atoms with E-state index in [1.54, 1.807) is 31.7 Å². The fourth-order valence-corrected chi connectivity index (χ4v) is 4.23. The minimum Gasteiger partial charge on any atom is -0.493 e. The number of para-hydroxylation sites is 1. The molecular weight excluding hydrogens is 464 g/mol. The van der Waals surface area contributed by atoms with Crippen LogP contribution in [0.15, 0.2) is 78.2 Å². The lowest BCUT2D eigenvalue weighted by Crippen LogP contribution is -2.30. The number of carbonyl (C=O) groups excluding carboxylic acids is 2. The number of amides is 1. The Morgan fingerprint density at radius 2 is 1.60 bits per heavy atom. The number of anilines is 1. The summed E-state index contributed by atoms with van der Waals surface area (Å²) in [5, 5.41) is 5.08. The summed E-state index contributed by atoms with van der Waals surface area (Å²) in [6.07, 6.45) is -1.02.